The number of carbonyl (C=O) groups excluding carboxylic acids is 1. The van der Waals surface area contributed by atoms with Crippen LogP contribution in [0, 0.1) is 6.92 Å². The van der Waals surface area contributed by atoms with Crippen molar-refractivity contribution in [3.05, 3.63) is 34.9 Å². The summed E-state index contributed by atoms with van der Waals surface area (Å²) in [7, 11) is 0. The van der Waals surface area contributed by atoms with Crippen molar-refractivity contribution in [2.24, 2.45) is 0 Å². The van der Waals surface area contributed by atoms with E-state index in [0.29, 0.717) is 0 Å². The lowest BCUT2D eigenvalue weighted by Crippen LogP contribution is -1.96. The van der Waals surface area contributed by atoms with Crippen molar-refractivity contribution in [3.8, 4) is 0 Å². The fourth-order valence-corrected chi connectivity index (χ4v) is 1.48. The molecule has 0 fully saturated rings. The Morgan fingerprint density at radius 3 is 2.62 bits per heavy atom. The molecule has 1 rings (SSSR count). The zero-order valence-corrected chi connectivity index (χ0v) is 8.50. The maximum absolute atomic E-state index is 10.6. The molecule has 0 N–H and O–H groups in total. The Kier molecular flexibility index (Phi) is 3.24. The smallest absolute Gasteiger partial charge is 0.127 e. The first kappa shape index (κ1) is 9.97. The lowest BCUT2D eigenvalue weighted by molar-refractivity contribution is -0.108. The molecule has 0 saturated carbocycles. The predicted octanol–water partition coefficient (Wildman–Crippen LogP) is 2.86. The highest BCUT2D eigenvalue weighted by molar-refractivity contribution is 5.61. The number of hydrogen-bond donors (Lipinski definition) is 0. The second kappa shape index (κ2) is 4.22. The van der Waals surface area contributed by atoms with Crippen LogP contribution < -0.4 is 0 Å². The topological polar surface area (TPSA) is 17.1 Å². The summed E-state index contributed by atoms with van der Waals surface area (Å²) in [6.45, 7) is 6.17. The molecule has 0 aliphatic carbocycles. The van der Waals surface area contributed by atoms with Crippen molar-refractivity contribution in [2.75, 3.05) is 0 Å². The van der Waals surface area contributed by atoms with E-state index in [1.54, 1.807) is 0 Å². The summed E-state index contributed by atoms with van der Waals surface area (Å²) in [5.41, 5.74) is 3.76. The van der Waals surface area contributed by atoms with Gasteiger partial charge in [-0.3, -0.25) is 0 Å². The molecular weight excluding hydrogens is 160 g/mol. The van der Waals surface area contributed by atoms with Gasteiger partial charge in [-0.05, 0) is 30.0 Å². The van der Waals surface area contributed by atoms with Gasteiger partial charge in [0, 0.05) is 5.92 Å². The Bertz CT molecular complexity index is 302. The molecule has 1 aromatic carbocycles. The van der Waals surface area contributed by atoms with Crippen LogP contribution in [0.3, 0.4) is 0 Å². The van der Waals surface area contributed by atoms with Gasteiger partial charge in [0.05, 0.1) is 0 Å². The molecule has 70 valence electrons. The summed E-state index contributed by atoms with van der Waals surface area (Å²) < 4.78 is 0. The molecule has 0 aromatic heterocycles. The van der Waals surface area contributed by atoms with Crippen LogP contribution in [0.25, 0.3) is 0 Å². The van der Waals surface area contributed by atoms with Gasteiger partial charge in [-0.15, -0.1) is 0 Å². The van der Waals surface area contributed by atoms with Crippen LogP contribution in [0.15, 0.2) is 18.2 Å². The molecule has 0 saturated heterocycles. The van der Waals surface area contributed by atoms with Crippen LogP contribution in [0.2, 0.25) is 0 Å². The van der Waals surface area contributed by atoms with Crippen molar-refractivity contribution in [1.82, 2.24) is 0 Å². The van der Waals surface area contributed by atoms with Gasteiger partial charge in [0.1, 0.15) is 6.29 Å². The molecule has 0 spiro atoms. The summed E-state index contributed by atoms with van der Waals surface area (Å²) in [6.07, 6.45) is 2.04. The monoisotopic (exact) mass is 176 g/mol. The minimum absolute atomic E-state index is 0.0182. The summed E-state index contributed by atoms with van der Waals surface area (Å²) in [5, 5.41) is 0. The van der Waals surface area contributed by atoms with Crippen LogP contribution in [-0.2, 0) is 11.2 Å². The van der Waals surface area contributed by atoms with E-state index < -0.39 is 0 Å². The quantitative estimate of drug-likeness (QED) is 0.647. The van der Waals surface area contributed by atoms with Gasteiger partial charge < -0.3 is 4.79 Å². The predicted molar refractivity (Wildman–Crippen MR) is 55.0 cm³/mol. The molecule has 1 nitrogen and oxygen atoms in total. The van der Waals surface area contributed by atoms with Crippen LogP contribution in [0.4, 0.5) is 0 Å². The molecule has 0 aliphatic rings. The summed E-state index contributed by atoms with van der Waals surface area (Å²) in [6, 6.07) is 6.27. The summed E-state index contributed by atoms with van der Waals surface area (Å²) in [4.78, 5) is 10.6. The average Bonchev–Trinajstić information content (AvgIpc) is 2.16. The van der Waals surface area contributed by atoms with Gasteiger partial charge >= 0.3 is 0 Å². The molecule has 1 aromatic rings. The zero-order valence-electron chi connectivity index (χ0n) is 8.50. The molecule has 0 heterocycles. The van der Waals surface area contributed by atoms with Gasteiger partial charge in [0.15, 0.2) is 0 Å². The van der Waals surface area contributed by atoms with Gasteiger partial charge in [-0.1, -0.05) is 32.0 Å². The van der Waals surface area contributed by atoms with Crippen molar-refractivity contribution < 1.29 is 4.79 Å². The van der Waals surface area contributed by atoms with Gasteiger partial charge in [-0.2, -0.15) is 0 Å². The summed E-state index contributed by atoms with van der Waals surface area (Å²) >= 11 is 0. The number of carbonyl (C=O) groups is 1. The third-order valence-corrected chi connectivity index (χ3v) is 2.48. The van der Waals surface area contributed by atoms with E-state index in [2.05, 4.69) is 26.0 Å². The zero-order chi connectivity index (χ0) is 9.84. The first-order chi connectivity index (χ1) is 6.19. The maximum Gasteiger partial charge on any atom is 0.127 e. The number of aldehydes is 1. The Hall–Kier alpha value is -1.11. The molecule has 1 heteroatoms. The second-order valence-corrected chi connectivity index (χ2v) is 3.46. The first-order valence-electron chi connectivity index (χ1n) is 4.73. The average molecular weight is 176 g/mol. The number of hydrogen-bond acceptors (Lipinski definition) is 1. The minimum atomic E-state index is 0.0182. The lowest BCUT2D eigenvalue weighted by Gasteiger charge is -2.08. The second-order valence-electron chi connectivity index (χ2n) is 3.46. The van der Waals surface area contributed by atoms with Crippen molar-refractivity contribution in [3.63, 3.8) is 0 Å². The van der Waals surface area contributed by atoms with E-state index in [9.17, 15) is 4.79 Å². The van der Waals surface area contributed by atoms with E-state index in [-0.39, 0.29) is 5.92 Å². The van der Waals surface area contributed by atoms with Crippen molar-refractivity contribution in [2.45, 2.75) is 33.1 Å². The van der Waals surface area contributed by atoms with Crippen molar-refractivity contribution in [1.29, 1.82) is 0 Å². The van der Waals surface area contributed by atoms with Crippen LogP contribution >= 0.6 is 0 Å². The molecular formula is C12H16O. The third kappa shape index (κ3) is 2.18. The normalized spacial score (nSPS) is 12.5. The highest BCUT2D eigenvalue weighted by atomic mass is 16.1. The molecule has 0 aliphatic heterocycles. The fourth-order valence-electron chi connectivity index (χ4n) is 1.48. The standard InChI is InChI=1S/C12H16O/c1-4-11-5-6-12(7-9(11)2)10(3)8-13/h5-8,10H,4H2,1-3H3. The molecule has 0 radical (unpaired) electrons. The van der Waals surface area contributed by atoms with Gasteiger partial charge in [-0.25, -0.2) is 0 Å². The lowest BCUT2D eigenvalue weighted by atomic mass is 9.97. The van der Waals surface area contributed by atoms with Crippen LogP contribution in [0.1, 0.15) is 36.5 Å². The molecule has 1 atom stereocenters. The van der Waals surface area contributed by atoms with Crippen LogP contribution in [-0.4, -0.2) is 6.29 Å². The molecule has 0 amide bonds. The van der Waals surface area contributed by atoms with E-state index in [0.717, 1.165) is 18.3 Å². The van der Waals surface area contributed by atoms with E-state index >= 15 is 0 Å². The number of benzene rings is 1. The largest absolute Gasteiger partial charge is 0.303 e. The van der Waals surface area contributed by atoms with E-state index in [4.69, 9.17) is 0 Å². The molecule has 1 unspecified atom stereocenters. The first-order valence-corrected chi connectivity index (χ1v) is 4.73. The number of aryl methyl sites for hydroxylation is 2. The molecule has 13 heavy (non-hydrogen) atoms. The minimum Gasteiger partial charge on any atom is -0.303 e. The van der Waals surface area contributed by atoms with Crippen LogP contribution in [0.5, 0.6) is 0 Å². The number of rotatable bonds is 3. The van der Waals surface area contributed by atoms with Gasteiger partial charge in [0.25, 0.3) is 0 Å². The maximum atomic E-state index is 10.6. The Labute approximate surface area is 79.8 Å². The van der Waals surface area contributed by atoms with Gasteiger partial charge in [0.2, 0.25) is 0 Å². The Morgan fingerprint density at radius 2 is 2.15 bits per heavy atom. The van der Waals surface area contributed by atoms with Crippen molar-refractivity contribution >= 4 is 6.29 Å². The van der Waals surface area contributed by atoms with E-state index in [1.165, 1.54) is 11.1 Å². The highest BCUT2D eigenvalue weighted by Gasteiger charge is 2.04. The Balaban J connectivity index is 3.02. The third-order valence-electron chi connectivity index (χ3n) is 2.48. The highest BCUT2D eigenvalue weighted by Crippen LogP contribution is 2.17. The SMILES string of the molecule is CCc1ccc(C(C)C=O)cc1C. The summed E-state index contributed by atoms with van der Waals surface area (Å²) in [5.74, 6) is 0.0182. The molecule has 0 bridgehead atoms. The van der Waals surface area contributed by atoms with E-state index in [1.807, 2.05) is 13.0 Å². The fraction of sp³-hybridized carbons (Fsp3) is 0.417. The Morgan fingerprint density at radius 1 is 1.46 bits per heavy atom.